The summed E-state index contributed by atoms with van der Waals surface area (Å²) in [6, 6.07) is 16.6. The van der Waals surface area contributed by atoms with Gasteiger partial charge in [0.05, 0.1) is 165 Å². The van der Waals surface area contributed by atoms with E-state index in [1.807, 2.05) is 24.3 Å². The van der Waals surface area contributed by atoms with Crippen molar-refractivity contribution in [2.45, 2.75) is 116 Å². The Balaban J connectivity index is 0.886. The standard InChI is InChI=1S/C60H103NO15/c1-3-4-5-6-7-8-9-10-11-12-13-14-15-16-17-22-28-63-30-32-65-34-36-67-38-40-69-42-44-71-46-48-73-50-52-75-53-51-74-49-47-72-45-43-70-41-39-68-37-35-66-33-31-64-29-27-61(2)60(62)76-54-59-57-25-20-18-23-55(57)56-24-19-21-26-58(56)59/h18-21,23-26,59H,3-17,22,27-54H2,1-2H3. The first-order valence-corrected chi connectivity index (χ1v) is 29.3. The van der Waals surface area contributed by atoms with Gasteiger partial charge in [0.1, 0.15) is 6.61 Å². The normalized spacial score (nSPS) is 12.2. The van der Waals surface area contributed by atoms with Crippen LogP contribution in [0.1, 0.15) is 127 Å². The number of ether oxygens (including phenoxy) is 14. The predicted octanol–water partition coefficient (Wildman–Crippen LogP) is 10.3. The Morgan fingerprint density at radius 2 is 0.592 bits per heavy atom. The van der Waals surface area contributed by atoms with Gasteiger partial charge in [-0.1, -0.05) is 152 Å². The third-order valence-electron chi connectivity index (χ3n) is 12.8. The number of rotatable bonds is 58. The number of hydrogen-bond acceptors (Lipinski definition) is 15. The highest BCUT2D eigenvalue weighted by Crippen LogP contribution is 2.44. The summed E-state index contributed by atoms with van der Waals surface area (Å²) in [5, 5.41) is 0. The lowest BCUT2D eigenvalue weighted by atomic mass is 9.98. The van der Waals surface area contributed by atoms with Crippen molar-refractivity contribution >= 4 is 6.09 Å². The van der Waals surface area contributed by atoms with Crippen LogP contribution in [-0.4, -0.2) is 203 Å². The number of hydrogen-bond donors (Lipinski definition) is 0. The molecule has 3 rings (SSSR count). The van der Waals surface area contributed by atoms with Crippen LogP contribution in [0.15, 0.2) is 48.5 Å². The van der Waals surface area contributed by atoms with Crippen molar-refractivity contribution in [1.82, 2.24) is 4.90 Å². The lowest BCUT2D eigenvalue weighted by Crippen LogP contribution is -2.32. The van der Waals surface area contributed by atoms with E-state index in [2.05, 4.69) is 31.2 Å². The zero-order valence-corrected chi connectivity index (χ0v) is 47.4. The van der Waals surface area contributed by atoms with Crippen LogP contribution >= 0.6 is 0 Å². The van der Waals surface area contributed by atoms with Crippen LogP contribution < -0.4 is 0 Å². The number of likely N-dealkylation sites (N-methyl/N-ethyl adjacent to an activating group) is 1. The zero-order chi connectivity index (χ0) is 53.7. The van der Waals surface area contributed by atoms with Gasteiger partial charge in [-0.05, 0) is 28.7 Å². The second kappa shape index (κ2) is 51.6. The first-order chi connectivity index (χ1) is 37.7. The Bertz CT molecular complexity index is 1530. The van der Waals surface area contributed by atoms with Gasteiger partial charge in [0.15, 0.2) is 0 Å². The molecule has 0 atom stereocenters. The molecule has 2 aromatic carbocycles. The van der Waals surface area contributed by atoms with E-state index in [0.717, 1.165) is 13.0 Å². The fourth-order valence-electron chi connectivity index (χ4n) is 8.49. The van der Waals surface area contributed by atoms with Crippen LogP contribution in [0, 0.1) is 0 Å². The largest absolute Gasteiger partial charge is 0.448 e. The Morgan fingerprint density at radius 3 is 0.895 bits per heavy atom. The van der Waals surface area contributed by atoms with Crippen molar-refractivity contribution in [2.24, 2.45) is 0 Å². The Labute approximate surface area is 459 Å². The fourth-order valence-corrected chi connectivity index (χ4v) is 8.49. The van der Waals surface area contributed by atoms with E-state index < -0.39 is 0 Å². The maximum absolute atomic E-state index is 12.7. The molecule has 16 heteroatoms. The van der Waals surface area contributed by atoms with Gasteiger partial charge >= 0.3 is 6.09 Å². The first kappa shape index (κ1) is 67.5. The predicted molar refractivity (Wildman–Crippen MR) is 298 cm³/mol. The molecule has 76 heavy (non-hydrogen) atoms. The SMILES string of the molecule is CCCCCCCCCCCCCCCCCCOCCOCCOCCOCCOCCOCCOCCOCCOCCOCCOCCOCCOCCN(C)C(=O)OCC1c2ccccc2-c2ccccc21. The molecule has 0 saturated carbocycles. The molecule has 1 amide bonds. The lowest BCUT2D eigenvalue weighted by Gasteiger charge is -2.19. The van der Waals surface area contributed by atoms with E-state index in [1.54, 1.807) is 7.05 Å². The molecule has 0 fully saturated rings. The molecule has 0 aromatic heterocycles. The Hall–Kier alpha value is -2.81. The number of carbonyl (C=O) groups is 1. The quantitative estimate of drug-likeness (QED) is 0.0578. The summed E-state index contributed by atoms with van der Waals surface area (Å²) in [4.78, 5) is 14.2. The molecule has 0 bridgehead atoms. The number of unbranched alkanes of at least 4 members (excludes halogenated alkanes) is 15. The van der Waals surface area contributed by atoms with E-state index in [1.165, 1.54) is 123 Å². The number of amides is 1. The van der Waals surface area contributed by atoms with Gasteiger partial charge in [0.25, 0.3) is 0 Å². The minimum atomic E-state index is -0.364. The van der Waals surface area contributed by atoms with Crippen LogP contribution in [0.3, 0.4) is 0 Å². The summed E-state index contributed by atoms with van der Waals surface area (Å²) in [5.74, 6) is 0.0355. The van der Waals surface area contributed by atoms with Gasteiger partial charge in [0.2, 0.25) is 0 Å². The van der Waals surface area contributed by atoms with Gasteiger partial charge in [-0.15, -0.1) is 0 Å². The topological polar surface area (TPSA) is 150 Å². The highest BCUT2D eigenvalue weighted by molar-refractivity contribution is 5.79. The lowest BCUT2D eigenvalue weighted by molar-refractivity contribution is -0.0291. The minimum absolute atomic E-state index is 0.0355. The molecule has 438 valence electrons. The third kappa shape index (κ3) is 37.1. The summed E-state index contributed by atoms with van der Waals surface area (Å²) in [6.07, 6.45) is 21.7. The molecule has 0 heterocycles. The van der Waals surface area contributed by atoms with E-state index >= 15 is 0 Å². The van der Waals surface area contributed by atoms with E-state index in [0.29, 0.717) is 178 Å². The maximum Gasteiger partial charge on any atom is 0.409 e. The molecule has 1 aliphatic rings. The Morgan fingerprint density at radius 1 is 0.342 bits per heavy atom. The number of benzene rings is 2. The Kier molecular flexibility index (Phi) is 45.8. The summed E-state index contributed by atoms with van der Waals surface area (Å²) < 4.78 is 78.2. The van der Waals surface area contributed by atoms with Crippen molar-refractivity contribution in [3.05, 3.63) is 59.7 Å². The second-order valence-electron chi connectivity index (χ2n) is 19.0. The molecule has 0 N–H and O–H groups in total. The van der Waals surface area contributed by atoms with Crippen molar-refractivity contribution in [2.75, 3.05) is 192 Å². The molecule has 16 nitrogen and oxygen atoms in total. The monoisotopic (exact) mass is 1080 g/mol. The summed E-state index contributed by atoms with van der Waals surface area (Å²) in [6.45, 7) is 16.4. The van der Waals surface area contributed by atoms with Crippen molar-refractivity contribution < 1.29 is 71.1 Å². The molecular weight excluding hydrogens is 975 g/mol. The van der Waals surface area contributed by atoms with E-state index in [4.69, 9.17) is 66.3 Å². The smallest absolute Gasteiger partial charge is 0.409 e. The van der Waals surface area contributed by atoms with Crippen LogP contribution in [-0.2, 0) is 66.3 Å². The molecule has 0 saturated heterocycles. The van der Waals surface area contributed by atoms with Gasteiger partial charge in [0, 0.05) is 26.1 Å². The molecule has 0 aliphatic heterocycles. The average molecular weight is 1080 g/mol. The molecule has 0 radical (unpaired) electrons. The number of nitrogens with zero attached hydrogens (tertiary/aromatic N) is 1. The van der Waals surface area contributed by atoms with E-state index in [9.17, 15) is 4.79 Å². The maximum atomic E-state index is 12.7. The summed E-state index contributed by atoms with van der Waals surface area (Å²) in [5.41, 5.74) is 4.80. The van der Waals surface area contributed by atoms with Gasteiger partial charge in [-0.2, -0.15) is 0 Å². The molecule has 1 aliphatic carbocycles. The second-order valence-corrected chi connectivity index (χ2v) is 19.0. The first-order valence-electron chi connectivity index (χ1n) is 29.3. The van der Waals surface area contributed by atoms with Crippen LogP contribution in [0.25, 0.3) is 11.1 Å². The van der Waals surface area contributed by atoms with Gasteiger partial charge in [-0.25, -0.2) is 4.79 Å². The number of fused-ring (bicyclic) bond motifs is 3. The summed E-state index contributed by atoms with van der Waals surface area (Å²) >= 11 is 0. The van der Waals surface area contributed by atoms with Gasteiger partial charge in [-0.3, -0.25) is 0 Å². The average Bonchev–Trinajstić information content (AvgIpc) is 3.78. The third-order valence-corrected chi connectivity index (χ3v) is 12.8. The summed E-state index contributed by atoms with van der Waals surface area (Å²) in [7, 11) is 1.72. The van der Waals surface area contributed by atoms with E-state index in [-0.39, 0.29) is 12.0 Å². The van der Waals surface area contributed by atoms with Crippen molar-refractivity contribution in [3.63, 3.8) is 0 Å². The molecule has 0 spiro atoms. The van der Waals surface area contributed by atoms with Crippen molar-refractivity contribution in [3.8, 4) is 11.1 Å². The van der Waals surface area contributed by atoms with Crippen LogP contribution in [0.5, 0.6) is 0 Å². The zero-order valence-electron chi connectivity index (χ0n) is 47.4. The fraction of sp³-hybridized carbons (Fsp3) is 0.783. The van der Waals surface area contributed by atoms with Crippen LogP contribution in [0.2, 0.25) is 0 Å². The molecular formula is C60H103NO15. The minimum Gasteiger partial charge on any atom is -0.448 e. The van der Waals surface area contributed by atoms with Crippen molar-refractivity contribution in [1.29, 1.82) is 0 Å². The van der Waals surface area contributed by atoms with Gasteiger partial charge < -0.3 is 71.2 Å². The molecule has 0 unspecified atom stereocenters. The van der Waals surface area contributed by atoms with Crippen LogP contribution in [0.4, 0.5) is 4.79 Å². The molecule has 2 aromatic rings. The number of carbonyl (C=O) groups excluding carboxylic acids is 1. The highest BCUT2D eigenvalue weighted by atomic mass is 16.6. The highest BCUT2D eigenvalue weighted by Gasteiger charge is 2.29.